The molecule has 0 aromatic heterocycles. The number of piperidine rings is 1. The number of aliphatic hydroxyl groups is 1. The van der Waals surface area contributed by atoms with Gasteiger partial charge in [-0.2, -0.15) is 0 Å². The van der Waals surface area contributed by atoms with Crippen molar-refractivity contribution in [1.82, 2.24) is 10.2 Å². The molecule has 2 amide bonds. The predicted molar refractivity (Wildman–Crippen MR) is 207 cm³/mol. The number of carbonyl (C=O) groups is 2. The zero-order valence-corrected chi connectivity index (χ0v) is 32.1. The molecule has 8 atom stereocenters. The van der Waals surface area contributed by atoms with Crippen molar-refractivity contribution in [3.05, 3.63) is 41.5 Å². The lowest BCUT2D eigenvalue weighted by Gasteiger charge is -2.68. The van der Waals surface area contributed by atoms with Crippen LogP contribution < -0.4 is 5.32 Å². The van der Waals surface area contributed by atoms with Crippen LogP contribution in [0.15, 0.2) is 30.3 Å². The molecule has 1 saturated heterocycles. The van der Waals surface area contributed by atoms with Crippen LogP contribution in [0.1, 0.15) is 148 Å². The molecule has 5 saturated carbocycles. The van der Waals surface area contributed by atoms with E-state index in [0.717, 1.165) is 62.9 Å². The maximum atomic E-state index is 13.6. The SMILES string of the molecule is C.CC1CC1.COC(=O)c1ccc(C2=CCC3(C)C(CCC4(C)C5CCC6(NC(=O)N7CCC(CO)CC7)CCCC6C5CCC43)C2(C)C)cc1. The standard InChI is InChI=1S/C40H58N2O4.C4H8.CH4/c1-37(2)30(27-8-10-28(11-9-27)35(44)46-5)14-20-39(4)33(37)16-21-38(3)31-15-22-40(19-6-7-32(40)29(31)12-13-34(38)39)41-36(45)42-23-17-26(25-43)18-24-42;1-4-2-3-4;/h8-11,14,26,29,31-34,43H,6-7,12-13,15-25H2,1-5H3,(H,41,45);4H,2-3H2,1H3;1H4. The quantitative estimate of drug-likeness (QED) is 0.306. The van der Waals surface area contributed by atoms with E-state index in [1.807, 2.05) is 17.0 Å². The third kappa shape index (κ3) is 6.71. The summed E-state index contributed by atoms with van der Waals surface area (Å²) < 4.78 is 4.94. The number of ether oxygens (including phenoxy) is 1. The molecule has 1 aliphatic heterocycles. The van der Waals surface area contributed by atoms with E-state index in [2.05, 4.69) is 58.1 Å². The Kier molecular flexibility index (Phi) is 10.9. The lowest BCUT2D eigenvalue weighted by Crippen LogP contribution is -2.65. The first-order valence-electron chi connectivity index (χ1n) is 20.4. The normalized spacial score (nSPS) is 38.2. The second-order valence-corrected chi connectivity index (χ2v) is 19.0. The molecule has 1 aromatic carbocycles. The molecule has 8 unspecified atom stereocenters. The number of amides is 2. The van der Waals surface area contributed by atoms with Gasteiger partial charge in [0.2, 0.25) is 0 Å². The van der Waals surface area contributed by atoms with Gasteiger partial charge in [0.15, 0.2) is 0 Å². The van der Waals surface area contributed by atoms with Gasteiger partial charge in [0, 0.05) is 25.2 Å². The summed E-state index contributed by atoms with van der Waals surface area (Å²) in [6.45, 7) is 14.3. The molecule has 6 fully saturated rings. The van der Waals surface area contributed by atoms with E-state index < -0.39 is 0 Å². The molecule has 0 radical (unpaired) electrons. The summed E-state index contributed by atoms with van der Waals surface area (Å²) in [6.07, 6.45) is 19.7. The van der Waals surface area contributed by atoms with E-state index in [4.69, 9.17) is 4.74 Å². The summed E-state index contributed by atoms with van der Waals surface area (Å²) in [6, 6.07) is 8.22. The van der Waals surface area contributed by atoms with Gasteiger partial charge in [-0.05, 0) is 152 Å². The molecular formula is C45H70N2O4. The van der Waals surface area contributed by atoms with Crippen molar-refractivity contribution in [3.63, 3.8) is 0 Å². The number of urea groups is 1. The fourth-order valence-electron chi connectivity index (χ4n) is 13.2. The van der Waals surface area contributed by atoms with Gasteiger partial charge in [0.05, 0.1) is 12.7 Å². The van der Waals surface area contributed by atoms with Crippen molar-refractivity contribution >= 4 is 17.6 Å². The molecule has 284 valence electrons. The summed E-state index contributed by atoms with van der Waals surface area (Å²) in [4.78, 5) is 27.7. The monoisotopic (exact) mass is 703 g/mol. The molecule has 7 aliphatic rings. The number of nitrogens with one attached hydrogen (secondary N) is 1. The number of benzene rings is 1. The molecule has 0 bridgehead atoms. The van der Waals surface area contributed by atoms with E-state index in [9.17, 15) is 14.7 Å². The molecule has 1 heterocycles. The van der Waals surface area contributed by atoms with Crippen molar-refractivity contribution in [2.24, 2.45) is 57.7 Å². The summed E-state index contributed by atoms with van der Waals surface area (Å²) in [5.74, 6) is 4.56. The number of hydrogen-bond donors (Lipinski definition) is 2. The highest BCUT2D eigenvalue weighted by Crippen LogP contribution is 2.72. The van der Waals surface area contributed by atoms with E-state index in [-0.39, 0.29) is 42.4 Å². The van der Waals surface area contributed by atoms with Crippen LogP contribution in [0.2, 0.25) is 0 Å². The highest BCUT2D eigenvalue weighted by molar-refractivity contribution is 5.90. The fraction of sp³-hybridized carbons (Fsp3) is 0.778. The largest absolute Gasteiger partial charge is 0.465 e. The Morgan fingerprint density at radius 3 is 2.16 bits per heavy atom. The third-order valence-electron chi connectivity index (χ3n) is 16.1. The van der Waals surface area contributed by atoms with Crippen molar-refractivity contribution in [3.8, 4) is 0 Å². The first-order chi connectivity index (χ1) is 23.9. The van der Waals surface area contributed by atoms with Crippen LogP contribution in [0.3, 0.4) is 0 Å². The van der Waals surface area contributed by atoms with Gasteiger partial charge in [-0.1, -0.05) is 79.5 Å². The summed E-state index contributed by atoms with van der Waals surface area (Å²) >= 11 is 0. The average molecular weight is 703 g/mol. The second-order valence-electron chi connectivity index (χ2n) is 19.0. The summed E-state index contributed by atoms with van der Waals surface area (Å²) in [5.41, 5.74) is 3.94. The Morgan fingerprint density at radius 2 is 1.53 bits per heavy atom. The van der Waals surface area contributed by atoms with Gasteiger partial charge in [-0.3, -0.25) is 0 Å². The number of likely N-dealkylation sites (tertiary alicyclic amines) is 1. The van der Waals surface area contributed by atoms with Crippen LogP contribution in [0.5, 0.6) is 0 Å². The Labute approximate surface area is 309 Å². The van der Waals surface area contributed by atoms with Gasteiger partial charge in [-0.15, -0.1) is 0 Å². The number of hydrogen-bond acceptors (Lipinski definition) is 4. The molecule has 6 nitrogen and oxygen atoms in total. The number of aliphatic hydroxyl groups excluding tert-OH is 1. The number of fused-ring (bicyclic) bond motifs is 7. The van der Waals surface area contributed by atoms with Gasteiger partial charge in [-0.25, -0.2) is 9.59 Å². The number of allylic oxidation sites excluding steroid dienone is 2. The van der Waals surface area contributed by atoms with E-state index >= 15 is 0 Å². The Balaban J connectivity index is 0.000000839. The molecule has 1 aromatic rings. The van der Waals surface area contributed by atoms with E-state index in [1.54, 1.807) is 0 Å². The lowest BCUT2D eigenvalue weighted by molar-refractivity contribution is -0.172. The topological polar surface area (TPSA) is 78.9 Å². The first-order valence-corrected chi connectivity index (χ1v) is 20.4. The van der Waals surface area contributed by atoms with Crippen LogP contribution >= 0.6 is 0 Å². The maximum Gasteiger partial charge on any atom is 0.337 e. The summed E-state index contributed by atoms with van der Waals surface area (Å²) in [5, 5.41) is 13.3. The number of methoxy groups -OCH3 is 1. The lowest BCUT2D eigenvalue weighted by atomic mass is 9.37. The minimum absolute atomic E-state index is 0. The van der Waals surface area contributed by atoms with Crippen molar-refractivity contribution in [2.45, 2.75) is 137 Å². The average Bonchev–Trinajstić information content (AvgIpc) is 3.78. The maximum absolute atomic E-state index is 13.6. The van der Waals surface area contributed by atoms with Gasteiger partial charge < -0.3 is 20.1 Å². The highest BCUT2D eigenvalue weighted by atomic mass is 16.5. The zero-order valence-electron chi connectivity index (χ0n) is 32.1. The third-order valence-corrected chi connectivity index (χ3v) is 16.1. The van der Waals surface area contributed by atoms with Crippen LogP contribution in [0, 0.1) is 57.7 Å². The van der Waals surface area contributed by atoms with Crippen LogP contribution in [-0.4, -0.2) is 54.4 Å². The van der Waals surface area contributed by atoms with Crippen LogP contribution in [-0.2, 0) is 4.74 Å². The first kappa shape index (κ1) is 38.4. The molecular weight excluding hydrogens is 633 g/mol. The minimum Gasteiger partial charge on any atom is -0.465 e. The Morgan fingerprint density at radius 1 is 0.843 bits per heavy atom. The van der Waals surface area contributed by atoms with Crippen molar-refractivity contribution in [2.75, 3.05) is 26.8 Å². The van der Waals surface area contributed by atoms with Gasteiger partial charge in [0.25, 0.3) is 0 Å². The fourth-order valence-corrected chi connectivity index (χ4v) is 13.2. The van der Waals surface area contributed by atoms with Crippen LogP contribution in [0.4, 0.5) is 4.79 Å². The smallest absolute Gasteiger partial charge is 0.337 e. The Hall–Kier alpha value is -2.34. The predicted octanol–water partition coefficient (Wildman–Crippen LogP) is 10.2. The number of nitrogens with zero attached hydrogens (tertiary/aromatic N) is 1. The Bertz CT molecular complexity index is 1440. The van der Waals surface area contributed by atoms with E-state index in [1.165, 1.54) is 76.0 Å². The number of rotatable bonds is 4. The zero-order chi connectivity index (χ0) is 35.5. The molecule has 2 N–H and O–H groups in total. The molecule has 0 spiro atoms. The van der Waals surface area contributed by atoms with Crippen LogP contribution in [0.25, 0.3) is 5.57 Å². The van der Waals surface area contributed by atoms with Crippen molar-refractivity contribution in [1.29, 1.82) is 0 Å². The highest BCUT2D eigenvalue weighted by Gasteiger charge is 2.65. The van der Waals surface area contributed by atoms with E-state index in [0.29, 0.717) is 34.7 Å². The molecule has 6 aliphatic carbocycles. The summed E-state index contributed by atoms with van der Waals surface area (Å²) in [7, 11) is 1.44. The van der Waals surface area contributed by atoms with Gasteiger partial charge >= 0.3 is 12.0 Å². The van der Waals surface area contributed by atoms with Gasteiger partial charge in [0.1, 0.15) is 0 Å². The van der Waals surface area contributed by atoms with Crippen molar-refractivity contribution < 1.29 is 19.4 Å². The minimum atomic E-state index is -0.281. The molecule has 6 heteroatoms. The number of carbonyl (C=O) groups excluding carboxylic acids is 2. The molecule has 8 rings (SSSR count). The number of esters is 1. The second kappa shape index (κ2) is 14.5. The molecule has 51 heavy (non-hydrogen) atoms.